The van der Waals surface area contributed by atoms with Crippen LogP contribution in [0.1, 0.15) is 21.5 Å². The van der Waals surface area contributed by atoms with E-state index in [9.17, 15) is 18.0 Å². The Morgan fingerprint density at radius 1 is 0.893 bits per heavy atom. The van der Waals surface area contributed by atoms with Gasteiger partial charge in [-0.2, -0.15) is 0 Å². The first-order valence-corrected chi connectivity index (χ1v) is 10.7. The highest BCUT2D eigenvalue weighted by molar-refractivity contribution is 7.89. The van der Waals surface area contributed by atoms with Crippen LogP contribution in [0.4, 0.5) is 0 Å². The monoisotopic (exact) mass is 396 g/mol. The van der Waals surface area contributed by atoms with Crippen LogP contribution in [-0.2, 0) is 26.8 Å². The summed E-state index contributed by atoms with van der Waals surface area (Å²) in [5.41, 5.74) is 6.42. The van der Waals surface area contributed by atoms with E-state index in [0.717, 1.165) is 22.6 Å². The zero-order valence-corrected chi connectivity index (χ0v) is 16.1. The van der Waals surface area contributed by atoms with Gasteiger partial charge in [0.15, 0.2) is 9.84 Å². The highest BCUT2D eigenvalue weighted by Crippen LogP contribution is 2.18. The fourth-order valence-electron chi connectivity index (χ4n) is 2.97. The summed E-state index contributed by atoms with van der Waals surface area (Å²) in [5, 5.41) is 2.03. The summed E-state index contributed by atoms with van der Waals surface area (Å²) in [4.78, 5) is 24.5. The molecule has 0 atom stereocenters. The number of carbonyl (C=O) groups excluding carboxylic acids is 2. The molecule has 7 heteroatoms. The van der Waals surface area contributed by atoms with Gasteiger partial charge < -0.3 is 0 Å². The molecular formula is C21H20N2O4S. The van der Waals surface area contributed by atoms with Gasteiger partial charge in [-0.15, -0.1) is 0 Å². The van der Waals surface area contributed by atoms with E-state index in [-0.39, 0.29) is 23.6 Å². The molecule has 0 saturated heterocycles. The van der Waals surface area contributed by atoms with Crippen LogP contribution in [0.3, 0.4) is 0 Å². The summed E-state index contributed by atoms with van der Waals surface area (Å²) in [6, 6.07) is 19.8. The summed E-state index contributed by atoms with van der Waals surface area (Å²) < 4.78 is 22.8. The molecule has 0 aliphatic rings. The number of fused-ring (bicyclic) bond motifs is 1. The van der Waals surface area contributed by atoms with E-state index in [2.05, 4.69) is 10.9 Å². The number of hydrogen-bond donors (Lipinski definition) is 2. The molecule has 0 saturated carbocycles. The maximum Gasteiger partial charge on any atom is 0.269 e. The van der Waals surface area contributed by atoms with E-state index in [1.54, 1.807) is 18.2 Å². The largest absolute Gasteiger partial charge is 0.273 e. The van der Waals surface area contributed by atoms with Gasteiger partial charge in [-0.1, -0.05) is 54.6 Å². The van der Waals surface area contributed by atoms with Crippen LogP contribution < -0.4 is 10.9 Å². The minimum Gasteiger partial charge on any atom is -0.273 e. The molecule has 0 fully saturated rings. The lowest BCUT2D eigenvalue weighted by Gasteiger charge is -2.10. The minimum atomic E-state index is -3.20. The first kappa shape index (κ1) is 19.6. The second kappa shape index (κ2) is 8.22. The minimum absolute atomic E-state index is 0.121. The zero-order valence-electron chi connectivity index (χ0n) is 15.3. The number of amides is 2. The van der Waals surface area contributed by atoms with Gasteiger partial charge in [0.2, 0.25) is 5.91 Å². The Morgan fingerprint density at radius 2 is 1.61 bits per heavy atom. The van der Waals surface area contributed by atoms with E-state index in [0.29, 0.717) is 5.56 Å². The molecule has 3 aromatic carbocycles. The van der Waals surface area contributed by atoms with Crippen LogP contribution in [0.5, 0.6) is 0 Å². The summed E-state index contributed by atoms with van der Waals surface area (Å²) in [7, 11) is -3.20. The van der Waals surface area contributed by atoms with Gasteiger partial charge in [-0.25, -0.2) is 8.42 Å². The van der Waals surface area contributed by atoms with E-state index in [4.69, 9.17) is 0 Å². The Hall–Kier alpha value is -3.19. The summed E-state index contributed by atoms with van der Waals surface area (Å²) >= 11 is 0. The molecule has 28 heavy (non-hydrogen) atoms. The summed E-state index contributed by atoms with van der Waals surface area (Å²) in [5.74, 6) is -1.01. The van der Waals surface area contributed by atoms with Gasteiger partial charge in [-0.05, 0) is 34.0 Å². The molecule has 0 aromatic heterocycles. The molecule has 2 amide bonds. The molecular weight excluding hydrogens is 376 g/mol. The van der Waals surface area contributed by atoms with Crippen molar-refractivity contribution in [2.75, 3.05) is 6.26 Å². The quantitative estimate of drug-likeness (QED) is 0.648. The van der Waals surface area contributed by atoms with E-state index in [1.165, 1.54) is 6.07 Å². The van der Waals surface area contributed by atoms with Crippen molar-refractivity contribution in [3.8, 4) is 0 Å². The predicted molar refractivity (Wildman–Crippen MR) is 108 cm³/mol. The fraction of sp³-hybridized carbons (Fsp3) is 0.143. The van der Waals surface area contributed by atoms with Gasteiger partial charge in [0.25, 0.3) is 5.91 Å². The van der Waals surface area contributed by atoms with Gasteiger partial charge in [0, 0.05) is 11.8 Å². The molecule has 2 N–H and O–H groups in total. The Balaban J connectivity index is 1.63. The molecule has 0 heterocycles. The van der Waals surface area contributed by atoms with Gasteiger partial charge >= 0.3 is 0 Å². The summed E-state index contributed by atoms with van der Waals surface area (Å²) in [6.07, 6.45) is 1.25. The van der Waals surface area contributed by atoms with E-state index < -0.39 is 15.7 Å². The first-order chi connectivity index (χ1) is 13.3. The van der Waals surface area contributed by atoms with Crippen molar-refractivity contribution in [3.05, 3.63) is 83.4 Å². The van der Waals surface area contributed by atoms with Crippen LogP contribution in [0.2, 0.25) is 0 Å². The topological polar surface area (TPSA) is 92.3 Å². The Labute approximate surface area is 163 Å². The highest BCUT2D eigenvalue weighted by Gasteiger charge is 2.11. The van der Waals surface area contributed by atoms with Crippen molar-refractivity contribution in [2.24, 2.45) is 0 Å². The van der Waals surface area contributed by atoms with Crippen LogP contribution in [0, 0.1) is 0 Å². The first-order valence-electron chi connectivity index (χ1n) is 8.64. The molecule has 0 spiro atoms. The maximum atomic E-state index is 12.3. The van der Waals surface area contributed by atoms with Crippen molar-refractivity contribution in [1.29, 1.82) is 0 Å². The molecule has 144 valence electrons. The Bertz CT molecular complexity index is 1130. The Kier molecular flexibility index (Phi) is 5.75. The van der Waals surface area contributed by atoms with E-state index in [1.807, 2.05) is 42.5 Å². The van der Waals surface area contributed by atoms with Gasteiger partial charge in [0.1, 0.15) is 0 Å². The van der Waals surface area contributed by atoms with Crippen molar-refractivity contribution in [2.45, 2.75) is 12.2 Å². The summed E-state index contributed by atoms with van der Waals surface area (Å²) in [6.45, 7) is 0. The highest BCUT2D eigenvalue weighted by atomic mass is 32.2. The second-order valence-electron chi connectivity index (χ2n) is 6.59. The zero-order chi connectivity index (χ0) is 20.1. The molecule has 6 nitrogen and oxygen atoms in total. The molecule has 3 rings (SSSR count). The van der Waals surface area contributed by atoms with Crippen LogP contribution >= 0.6 is 0 Å². The third-order valence-corrected chi connectivity index (χ3v) is 5.02. The number of hydrogen-bond acceptors (Lipinski definition) is 4. The molecule has 0 bridgehead atoms. The van der Waals surface area contributed by atoms with Crippen LogP contribution in [-0.4, -0.2) is 26.5 Å². The second-order valence-corrected chi connectivity index (χ2v) is 8.73. The van der Waals surface area contributed by atoms with Crippen molar-refractivity contribution >= 4 is 32.4 Å². The molecule has 0 aliphatic carbocycles. The third kappa shape index (κ3) is 5.17. The average Bonchev–Trinajstić information content (AvgIpc) is 2.65. The van der Waals surface area contributed by atoms with Crippen LogP contribution in [0.25, 0.3) is 10.8 Å². The number of rotatable bonds is 5. The van der Waals surface area contributed by atoms with Gasteiger partial charge in [-0.3, -0.25) is 20.4 Å². The average molecular weight is 396 g/mol. The number of benzene rings is 3. The fourth-order valence-corrected chi connectivity index (χ4v) is 3.75. The van der Waals surface area contributed by atoms with Crippen molar-refractivity contribution in [1.82, 2.24) is 10.9 Å². The Morgan fingerprint density at radius 3 is 2.39 bits per heavy atom. The number of sulfone groups is 1. The van der Waals surface area contributed by atoms with Gasteiger partial charge in [0.05, 0.1) is 12.2 Å². The number of hydrazine groups is 1. The third-order valence-electron chi connectivity index (χ3n) is 4.16. The lowest BCUT2D eigenvalue weighted by Crippen LogP contribution is -2.42. The van der Waals surface area contributed by atoms with Crippen molar-refractivity contribution in [3.63, 3.8) is 0 Å². The van der Waals surface area contributed by atoms with Crippen LogP contribution in [0.15, 0.2) is 66.7 Å². The smallest absolute Gasteiger partial charge is 0.269 e. The molecule has 0 aliphatic heterocycles. The molecule has 0 radical (unpaired) electrons. The standard InChI is InChI=1S/C21H20N2O4S/c1-28(26,27)14-15-6-4-10-18(12-15)21(25)23-22-20(24)13-17-9-5-8-16-7-2-3-11-19(16)17/h2-12H,13-14H2,1H3,(H,22,24)(H,23,25). The SMILES string of the molecule is CS(=O)(=O)Cc1cccc(C(=O)NNC(=O)Cc2cccc3ccccc23)c1. The van der Waals surface area contributed by atoms with E-state index >= 15 is 0 Å². The number of carbonyl (C=O) groups is 2. The normalized spacial score (nSPS) is 11.2. The lowest BCUT2D eigenvalue weighted by atomic mass is 10.0. The predicted octanol–water partition coefficient (Wildman–Crippen LogP) is 2.39. The lowest BCUT2D eigenvalue weighted by molar-refractivity contribution is -0.121. The number of nitrogens with one attached hydrogen (secondary N) is 2. The molecule has 0 unspecified atom stereocenters. The van der Waals surface area contributed by atoms with Crippen molar-refractivity contribution < 1.29 is 18.0 Å². The molecule has 3 aromatic rings. The maximum absolute atomic E-state index is 12.3.